The Balaban J connectivity index is 1.59. The molecule has 1 N–H and O–H groups in total. The summed E-state index contributed by atoms with van der Waals surface area (Å²) in [6.07, 6.45) is 0.985. The molecule has 2 amide bonds. The van der Waals surface area contributed by atoms with E-state index in [-0.39, 0.29) is 6.03 Å². The Morgan fingerprint density at radius 1 is 1.17 bits per heavy atom. The van der Waals surface area contributed by atoms with E-state index in [9.17, 15) is 4.79 Å². The summed E-state index contributed by atoms with van der Waals surface area (Å²) in [4.78, 5) is 14.2. The molecule has 5 nitrogen and oxygen atoms in total. The van der Waals surface area contributed by atoms with E-state index in [0.717, 1.165) is 30.9 Å². The highest BCUT2D eigenvalue weighted by molar-refractivity contribution is 5.89. The molecule has 2 aromatic carbocycles. The fourth-order valence-electron chi connectivity index (χ4n) is 2.85. The molecule has 0 spiro atoms. The number of ether oxygens (including phenoxy) is 2. The Morgan fingerprint density at radius 2 is 1.96 bits per heavy atom. The largest absolute Gasteiger partial charge is 0.457 e. The van der Waals surface area contributed by atoms with Gasteiger partial charge >= 0.3 is 6.03 Å². The molecule has 0 radical (unpaired) electrons. The highest BCUT2D eigenvalue weighted by Crippen LogP contribution is 2.24. The maximum absolute atomic E-state index is 12.4. The topological polar surface area (TPSA) is 50.8 Å². The van der Waals surface area contributed by atoms with Crippen molar-refractivity contribution in [2.75, 3.05) is 32.1 Å². The number of nitrogens with one attached hydrogen (secondary N) is 1. The fourth-order valence-corrected chi connectivity index (χ4v) is 2.85. The first-order valence-electron chi connectivity index (χ1n) is 8.12. The zero-order valence-electron chi connectivity index (χ0n) is 13.8. The summed E-state index contributed by atoms with van der Waals surface area (Å²) in [7, 11) is 1.70. The molecule has 1 aliphatic heterocycles. The second-order valence-electron chi connectivity index (χ2n) is 5.93. The van der Waals surface area contributed by atoms with Crippen LogP contribution in [-0.2, 0) is 4.74 Å². The molecule has 1 aliphatic rings. The maximum Gasteiger partial charge on any atom is 0.321 e. The molecule has 0 unspecified atom stereocenters. The van der Waals surface area contributed by atoms with Gasteiger partial charge in [0.2, 0.25) is 0 Å². The number of carbonyl (C=O) groups is 1. The number of nitrogens with zero attached hydrogens (tertiary/aromatic N) is 1. The average molecular weight is 326 g/mol. The third-order valence-corrected chi connectivity index (χ3v) is 4.04. The number of likely N-dealkylation sites (tertiary alicyclic amines) is 1. The van der Waals surface area contributed by atoms with Crippen LogP contribution in [0.15, 0.2) is 54.6 Å². The Labute approximate surface area is 142 Å². The van der Waals surface area contributed by atoms with Gasteiger partial charge < -0.3 is 19.7 Å². The molecular weight excluding hydrogens is 304 g/mol. The van der Waals surface area contributed by atoms with E-state index >= 15 is 0 Å². The van der Waals surface area contributed by atoms with Crippen molar-refractivity contribution in [3.63, 3.8) is 0 Å². The molecule has 0 aromatic heterocycles. The van der Waals surface area contributed by atoms with E-state index in [1.165, 1.54) is 0 Å². The minimum atomic E-state index is -0.0783. The third-order valence-electron chi connectivity index (χ3n) is 4.04. The predicted octanol–water partition coefficient (Wildman–Crippen LogP) is 3.98. The van der Waals surface area contributed by atoms with Gasteiger partial charge in [-0.3, -0.25) is 0 Å². The zero-order valence-corrected chi connectivity index (χ0v) is 13.8. The summed E-state index contributed by atoms with van der Waals surface area (Å²) in [5, 5.41) is 2.94. The highest BCUT2D eigenvalue weighted by atomic mass is 16.5. The lowest BCUT2D eigenvalue weighted by Gasteiger charge is -2.17. The molecule has 2 aromatic rings. The van der Waals surface area contributed by atoms with Crippen LogP contribution >= 0.6 is 0 Å². The minimum absolute atomic E-state index is 0.0783. The molecule has 1 fully saturated rings. The van der Waals surface area contributed by atoms with Crippen molar-refractivity contribution in [1.82, 2.24) is 4.90 Å². The lowest BCUT2D eigenvalue weighted by Crippen LogP contribution is -2.33. The van der Waals surface area contributed by atoms with Gasteiger partial charge in [-0.2, -0.15) is 0 Å². The van der Waals surface area contributed by atoms with E-state index in [1.54, 1.807) is 7.11 Å². The van der Waals surface area contributed by atoms with Gasteiger partial charge in [-0.05, 0) is 30.7 Å². The maximum atomic E-state index is 12.4. The standard InChI is InChI=1S/C19H22N2O3/c1-23-14-15-10-11-21(13-15)19(22)20-16-6-5-9-18(12-16)24-17-7-3-2-4-8-17/h2-9,12,15H,10-11,13-14H2,1H3,(H,20,22)/t15-/m1/s1. The van der Waals surface area contributed by atoms with Gasteiger partial charge in [-0.1, -0.05) is 24.3 Å². The molecule has 3 rings (SSSR count). The molecule has 1 atom stereocenters. The summed E-state index contributed by atoms with van der Waals surface area (Å²) in [5.41, 5.74) is 0.726. The number of urea groups is 1. The molecule has 0 aliphatic carbocycles. The van der Waals surface area contributed by atoms with Gasteiger partial charge in [-0.25, -0.2) is 4.79 Å². The average Bonchev–Trinajstić information content (AvgIpc) is 3.05. The molecule has 0 saturated carbocycles. The van der Waals surface area contributed by atoms with E-state index in [1.807, 2.05) is 59.5 Å². The highest BCUT2D eigenvalue weighted by Gasteiger charge is 2.26. The molecule has 126 valence electrons. The van der Waals surface area contributed by atoms with Crippen molar-refractivity contribution in [3.8, 4) is 11.5 Å². The number of hydrogen-bond acceptors (Lipinski definition) is 3. The first-order chi connectivity index (χ1) is 11.7. The van der Waals surface area contributed by atoms with Crippen LogP contribution in [0.5, 0.6) is 11.5 Å². The van der Waals surface area contributed by atoms with Crippen molar-refractivity contribution >= 4 is 11.7 Å². The van der Waals surface area contributed by atoms with Gasteiger partial charge in [0.15, 0.2) is 0 Å². The van der Waals surface area contributed by atoms with E-state index in [0.29, 0.717) is 18.3 Å². The summed E-state index contributed by atoms with van der Waals surface area (Å²) in [5.74, 6) is 1.88. The summed E-state index contributed by atoms with van der Waals surface area (Å²) < 4.78 is 11.0. The number of benzene rings is 2. The van der Waals surface area contributed by atoms with Crippen LogP contribution in [0.1, 0.15) is 6.42 Å². The number of amides is 2. The monoisotopic (exact) mass is 326 g/mol. The van der Waals surface area contributed by atoms with Crippen molar-refractivity contribution in [2.24, 2.45) is 5.92 Å². The number of carbonyl (C=O) groups excluding carboxylic acids is 1. The number of methoxy groups -OCH3 is 1. The van der Waals surface area contributed by atoms with Crippen LogP contribution in [0.4, 0.5) is 10.5 Å². The second-order valence-corrected chi connectivity index (χ2v) is 5.93. The summed E-state index contributed by atoms with van der Waals surface area (Å²) in [6, 6.07) is 16.9. The van der Waals surface area contributed by atoms with Gasteiger partial charge in [-0.15, -0.1) is 0 Å². The normalized spacial score (nSPS) is 16.9. The first-order valence-corrected chi connectivity index (χ1v) is 8.12. The van der Waals surface area contributed by atoms with Crippen LogP contribution in [0.3, 0.4) is 0 Å². The number of hydrogen-bond donors (Lipinski definition) is 1. The van der Waals surface area contributed by atoms with Gasteiger partial charge in [0.05, 0.1) is 6.61 Å². The summed E-state index contributed by atoms with van der Waals surface area (Å²) in [6.45, 7) is 2.20. The third kappa shape index (κ3) is 4.26. The smallest absolute Gasteiger partial charge is 0.321 e. The lowest BCUT2D eigenvalue weighted by atomic mass is 10.1. The molecule has 24 heavy (non-hydrogen) atoms. The molecular formula is C19H22N2O3. The van der Waals surface area contributed by atoms with Crippen LogP contribution in [0.25, 0.3) is 0 Å². The second kappa shape index (κ2) is 7.84. The Morgan fingerprint density at radius 3 is 2.75 bits per heavy atom. The van der Waals surface area contributed by atoms with Gasteiger partial charge in [0.25, 0.3) is 0 Å². The van der Waals surface area contributed by atoms with Crippen LogP contribution in [0.2, 0.25) is 0 Å². The van der Waals surface area contributed by atoms with Crippen molar-refractivity contribution < 1.29 is 14.3 Å². The van der Waals surface area contributed by atoms with Crippen molar-refractivity contribution in [2.45, 2.75) is 6.42 Å². The Kier molecular flexibility index (Phi) is 5.33. The number of rotatable bonds is 5. The van der Waals surface area contributed by atoms with E-state index in [4.69, 9.17) is 9.47 Å². The lowest BCUT2D eigenvalue weighted by molar-refractivity contribution is 0.154. The zero-order chi connectivity index (χ0) is 16.8. The Hall–Kier alpha value is -2.53. The molecule has 1 saturated heterocycles. The van der Waals surface area contributed by atoms with Gasteiger partial charge in [0.1, 0.15) is 11.5 Å². The number of anilines is 1. The van der Waals surface area contributed by atoms with Crippen molar-refractivity contribution in [3.05, 3.63) is 54.6 Å². The molecule has 1 heterocycles. The Bertz CT molecular complexity index is 675. The first kappa shape index (κ1) is 16.3. The van der Waals surface area contributed by atoms with E-state index < -0.39 is 0 Å². The fraction of sp³-hybridized carbons (Fsp3) is 0.316. The molecule has 5 heteroatoms. The molecule has 0 bridgehead atoms. The van der Waals surface area contributed by atoms with Crippen molar-refractivity contribution in [1.29, 1.82) is 0 Å². The SMILES string of the molecule is COC[C@@H]1CCN(C(=O)Nc2cccc(Oc3ccccc3)c2)C1. The van der Waals surface area contributed by atoms with Crippen LogP contribution in [-0.4, -0.2) is 37.7 Å². The predicted molar refractivity (Wildman–Crippen MR) is 93.5 cm³/mol. The van der Waals surface area contributed by atoms with E-state index in [2.05, 4.69) is 5.32 Å². The summed E-state index contributed by atoms with van der Waals surface area (Å²) >= 11 is 0. The minimum Gasteiger partial charge on any atom is -0.457 e. The quantitative estimate of drug-likeness (QED) is 0.904. The van der Waals surface area contributed by atoms with Crippen LogP contribution in [0, 0.1) is 5.92 Å². The van der Waals surface area contributed by atoms with Crippen LogP contribution < -0.4 is 10.1 Å². The number of para-hydroxylation sites is 1. The van der Waals surface area contributed by atoms with Gasteiger partial charge in [0, 0.05) is 37.9 Å².